The van der Waals surface area contributed by atoms with Crippen molar-refractivity contribution in [1.29, 1.82) is 0 Å². The Morgan fingerprint density at radius 2 is 0.531 bits per heavy atom. The maximum Gasteiger partial charge on any atom is 0.472 e. The molecule has 17 nitrogen and oxygen atoms in total. The zero-order valence-corrected chi connectivity index (χ0v) is 63.4. The highest BCUT2D eigenvalue weighted by atomic mass is 31.2. The number of phosphoric ester groups is 2. The topological polar surface area (TPSA) is 237 Å². The molecule has 5 unspecified atom stereocenters. The molecule has 0 aromatic heterocycles. The second-order valence-corrected chi connectivity index (χ2v) is 29.6. The zero-order chi connectivity index (χ0) is 70.4. The van der Waals surface area contributed by atoms with Crippen LogP contribution in [0, 0.1) is 0 Å². The van der Waals surface area contributed by atoms with Crippen molar-refractivity contribution >= 4 is 39.5 Å². The van der Waals surface area contributed by atoms with Crippen LogP contribution in [0.4, 0.5) is 0 Å². The first-order valence-electron chi connectivity index (χ1n) is 39.2. The van der Waals surface area contributed by atoms with E-state index in [0.717, 1.165) is 135 Å². The van der Waals surface area contributed by atoms with Crippen LogP contribution < -0.4 is 0 Å². The largest absolute Gasteiger partial charge is 0.472 e. The van der Waals surface area contributed by atoms with Gasteiger partial charge in [-0.05, 0) is 77.0 Å². The fourth-order valence-corrected chi connectivity index (χ4v) is 12.7. The van der Waals surface area contributed by atoms with E-state index in [2.05, 4.69) is 64.2 Å². The second-order valence-electron chi connectivity index (χ2n) is 26.7. The molecule has 0 fully saturated rings. The molecule has 3 N–H and O–H groups in total. The molecule has 19 heteroatoms. The van der Waals surface area contributed by atoms with Gasteiger partial charge in [0.2, 0.25) is 0 Å². The molecule has 564 valence electrons. The predicted molar refractivity (Wildman–Crippen MR) is 391 cm³/mol. The molecule has 0 saturated heterocycles. The number of hydrogen-bond donors (Lipinski definition) is 3. The van der Waals surface area contributed by atoms with Crippen LogP contribution in [-0.2, 0) is 65.4 Å². The van der Waals surface area contributed by atoms with E-state index in [9.17, 15) is 43.2 Å². The Morgan fingerprint density at radius 3 is 0.833 bits per heavy atom. The lowest BCUT2D eigenvalue weighted by molar-refractivity contribution is -0.161. The molecule has 0 aromatic rings. The van der Waals surface area contributed by atoms with Crippen molar-refractivity contribution in [2.24, 2.45) is 0 Å². The van der Waals surface area contributed by atoms with Crippen LogP contribution in [0.15, 0.2) is 36.5 Å². The molecular formula is C77H144O17P2. The quantitative estimate of drug-likeness (QED) is 0.0169. The minimum absolute atomic E-state index is 0.0876. The summed E-state index contributed by atoms with van der Waals surface area (Å²) in [7, 11) is -9.93. The summed E-state index contributed by atoms with van der Waals surface area (Å²) >= 11 is 0. The monoisotopic (exact) mass is 1400 g/mol. The SMILES string of the molecule is CCC/C=C\C/C=C\CCCCCCCC(=O)OCC(COP(=O)(O)OCC(O)COP(=O)(O)OCC(COC(=O)CCCCCCCCCCCCCCCCC)OC(=O)CCCCCCCCCCCCCCCCC)OC(=O)CCCCCCC/C=C\CCCCCC. The Bertz CT molecular complexity index is 1970. The number of unbranched alkanes of at least 4 members (excludes halogenated alkanes) is 43. The van der Waals surface area contributed by atoms with E-state index in [1.54, 1.807) is 0 Å². The minimum Gasteiger partial charge on any atom is -0.462 e. The lowest BCUT2D eigenvalue weighted by Crippen LogP contribution is -2.30. The lowest BCUT2D eigenvalue weighted by Gasteiger charge is -2.21. The van der Waals surface area contributed by atoms with Gasteiger partial charge in [-0.1, -0.05) is 308 Å². The van der Waals surface area contributed by atoms with E-state index in [1.807, 2.05) is 0 Å². The molecule has 0 saturated carbocycles. The van der Waals surface area contributed by atoms with Gasteiger partial charge in [-0.2, -0.15) is 0 Å². The Balaban J connectivity index is 5.30. The van der Waals surface area contributed by atoms with Crippen LogP contribution in [0.5, 0.6) is 0 Å². The number of phosphoric acid groups is 2. The molecule has 0 aliphatic carbocycles. The van der Waals surface area contributed by atoms with Crippen molar-refractivity contribution in [3.05, 3.63) is 36.5 Å². The number of aliphatic hydroxyl groups excluding tert-OH is 1. The van der Waals surface area contributed by atoms with Gasteiger partial charge >= 0.3 is 39.5 Å². The molecule has 0 aliphatic heterocycles. The third kappa shape index (κ3) is 69.7. The normalized spacial score (nSPS) is 14.1. The Morgan fingerprint density at radius 1 is 0.292 bits per heavy atom. The highest BCUT2D eigenvalue weighted by molar-refractivity contribution is 7.47. The molecular weight excluding hydrogens is 1260 g/mol. The van der Waals surface area contributed by atoms with E-state index in [4.69, 9.17) is 37.0 Å². The smallest absolute Gasteiger partial charge is 0.462 e. The van der Waals surface area contributed by atoms with E-state index >= 15 is 0 Å². The number of carbonyl (C=O) groups excluding carboxylic acids is 4. The number of carbonyl (C=O) groups is 4. The van der Waals surface area contributed by atoms with Crippen LogP contribution in [0.25, 0.3) is 0 Å². The molecule has 5 atom stereocenters. The molecule has 0 rings (SSSR count). The van der Waals surface area contributed by atoms with Crippen LogP contribution in [0.1, 0.15) is 374 Å². The molecule has 0 aliphatic rings. The van der Waals surface area contributed by atoms with Gasteiger partial charge in [0.1, 0.15) is 19.3 Å². The summed E-state index contributed by atoms with van der Waals surface area (Å²) in [4.78, 5) is 72.8. The highest BCUT2D eigenvalue weighted by Crippen LogP contribution is 2.45. The number of hydrogen-bond acceptors (Lipinski definition) is 15. The fraction of sp³-hybridized carbons (Fsp3) is 0.870. The average molecular weight is 1400 g/mol. The zero-order valence-electron chi connectivity index (χ0n) is 61.6. The Labute approximate surface area is 585 Å². The number of allylic oxidation sites excluding steroid dienone is 6. The number of rotatable bonds is 75. The van der Waals surface area contributed by atoms with Gasteiger partial charge in [0, 0.05) is 25.7 Å². The summed E-state index contributed by atoms with van der Waals surface area (Å²) < 4.78 is 68.5. The minimum atomic E-state index is -4.97. The second kappa shape index (κ2) is 70.7. The lowest BCUT2D eigenvalue weighted by atomic mass is 10.0. The predicted octanol–water partition coefficient (Wildman–Crippen LogP) is 22.3. The van der Waals surface area contributed by atoms with Gasteiger partial charge in [-0.15, -0.1) is 0 Å². The summed E-state index contributed by atoms with van der Waals surface area (Å²) in [5.41, 5.74) is 0. The molecule has 0 amide bonds. The maximum absolute atomic E-state index is 13.1. The van der Waals surface area contributed by atoms with Crippen LogP contribution in [0.3, 0.4) is 0 Å². The van der Waals surface area contributed by atoms with Crippen molar-refractivity contribution < 1.29 is 80.2 Å². The molecule has 0 spiro atoms. The first-order chi connectivity index (χ1) is 46.7. The van der Waals surface area contributed by atoms with Crippen molar-refractivity contribution in [3.63, 3.8) is 0 Å². The van der Waals surface area contributed by atoms with Crippen LogP contribution >= 0.6 is 15.6 Å². The van der Waals surface area contributed by atoms with E-state index < -0.39 is 97.5 Å². The number of aliphatic hydroxyl groups is 1. The summed E-state index contributed by atoms with van der Waals surface area (Å²) in [6.07, 6.45) is 65.5. The van der Waals surface area contributed by atoms with E-state index in [1.165, 1.54) is 161 Å². The van der Waals surface area contributed by atoms with Gasteiger partial charge in [0.25, 0.3) is 0 Å². The third-order valence-corrected chi connectivity index (χ3v) is 19.0. The van der Waals surface area contributed by atoms with E-state index in [0.29, 0.717) is 25.7 Å². The Hall–Kier alpha value is -2.72. The third-order valence-electron chi connectivity index (χ3n) is 17.1. The summed E-state index contributed by atoms with van der Waals surface area (Å²) in [6, 6.07) is 0. The Kier molecular flexibility index (Phi) is 68.7. The van der Waals surface area contributed by atoms with Crippen LogP contribution in [0.2, 0.25) is 0 Å². The molecule has 96 heavy (non-hydrogen) atoms. The van der Waals surface area contributed by atoms with Gasteiger partial charge in [0.05, 0.1) is 26.4 Å². The standard InChI is InChI=1S/C77H144O17P2/c1-5-9-13-17-21-25-29-33-35-39-42-46-50-54-58-62-75(80)88-68-73(94-77(82)64-60-56-52-48-44-40-36-34-30-26-22-18-14-10-6-2)70-92-96(85,86)90-66-71(78)65-89-95(83,84)91-69-72(93-76(81)63-59-55-51-47-43-38-32-28-24-20-16-12-8-4)67-87-74(79)61-57-53-49-45-41-37-31-27-23-19-15-11-7-3/h15,19,27-28,31-32,71-73,78H,5-14,16-18,20-26,29-30,33-70H2,1-4H3,(H,83,84)(H,85,86)/b19-15-,31-27-,32-28-. The summed E-state index contributed by atoms with van der Waals surface area (Å²) in [6.45, 7) is 4.86. The first-order valence-corrected chi connectivity index (χ1v) is 42.2. The van der Waals surface area contributed by atoms with Gasteiger partial charge in [0.15, 0.2) is 12.2 Å². The molecule has 0 aromatic carbocycles. The summed E-state index contributed by atoms with van der Waals surface area (Å²) in [5, 5.41) is 10.6. The van der Waals surface area contributed by atoms with E-state index in [-0.39, 0.29) is 25.7 Å². The first kappa shape index (κ1) is 93.3. The molecule has 0 bridgehead atoms. The molecule has 0 heterocycles. The number of esters is 4. The maximum atomic E-state index is 13.1. The summed E-state index contributed by atoms with van der Waals surface area (Å²) in [5.74, 6) is -2.16. The highest BCUT2D eigenvalue weighted by Gasteiger charge is 2.30. The van der Waals surface area contributed by atoms with Crippen molar-refractivity contribution in [3.8, 4) is 0 Å². The van der Waals surface area contributed by atoms with Crippen molar-refractivity contribution in [2.45, 2.75) is 393 Å². The van der Waals surface area contributed by atoms with Gasteiger partial charge in [-0.25, -0.2) is 9.13 Å². The van der Waals surface area contributed by atoms with Crippen LogP contribution in [-0.4, -0.2) is 96.7 Å². The van der Waals surface area contributed by atoms with Crippen molar-refractivity contribution in [1.82, 2.24) is 0 Å². The van der Waals surface area contributed by atoms with Gasteiger partial charge in [-0.3, -0.25) is 37.3 Å². The van der Waals surface area contributed by atoms with Gasteiger partial charge < -0.3 is 33.8 Å². The average Bonchev–Trinajstić information content (AvgIpc) is 1.17. The van der Waals surface area contributed by atoms with Crippen molar-refractivity contribution in [2.75, 3.05) is 39.6 Å². The number of ether oxygens (including phenoxy) is 4. The molecule has 0 radical (unpaired) electrons. The fourth-order valence-electron chi connectivity index (χ4n) is 11.1.